The summed E-state index contributed by atoms with van der Waals surface area (Å²) in [6.07, 6.45) is 0. The van der Waals surface area contributed by atoms with Crippen molar-refractivity contribution >= 4 is 33.0 Å². The molecular formula is C10H12N2O3S2. The van der Waals surface area contributed by atoms with Crippen LogP contribution in [0.4, 0.5) is 0 Å². The van der Waals surface area contributed by atoms with Crippen molar-refractivity contribution in [2.45, 2.75) is 5.75 Å². The van der Waals surface area contributed by atoms with Crippen LogP contribution in [0.5, 0.6) is 0 Å². The van der Waals surface area contributed by atoms with Gasteiger partial charge in [-0.05, 0) is 11.6 Å². The fourth-order valence-corrected chi connectivity index (χ4v) is 2.69. The molecule has 0 bridgehead atoms. The highest BCUT2D eigenvalue weighted by Gasteiger charge is 2.15. The lowest BCUT2D eigenvalue weighted by Gasteiger charge is -2.04. The van der Waals surface area contributed by atoms with Gasteiger partial charge in [-0.3, -0.25) is 4.79 Å². The van der Waals surface area contributed by atoms with Gasteiger partial charge in [0.05, 0.1) is 5.75 Å². The summed E-state index contributed by atoms with van der Waals surface area (Å²) in [5.41, 5.74) is 11.4. The van der Waals surface area contributed by atoms with E-state index in [9.17, 15) is 13.2 Å². The Labute approximate surface area is 105 Å². The lowest BCUT2D eigenvalue weighted by Crippen LogP contribution is -2.24. The molecule has 0 radical (unpaired) electrons. The minimum atomic E-state index is -3.53. The Hall–Kier alpha value is -1.47. The molecule has 0 atom stereocenters. The maximum absolute atomic E-state index is 11.5. The maximum Gasteiger partial charge on any atom is 0.232 e. The molecule has 1 aromatic carbocycles. The molecule has 0 aliphatic heterocycles. The zero-order chi connectivity index (χ0) is 13.1. The van der Waals surface area contributed by atoms with Crippen LogP contribution in [0.2, 0.25) is 0 Å². The van der Waals surface area contributed by atoms with Crippen LogP contribution in [0.25, 0.3) is 0 Å². The number of hydrogen-bond donors (Lipinski definition) is 2. The van der Waals surface area contributed by atoms with Gasteiger partial charge in [-0.1, -0.05) is 30.4 Å². The van der Waals surface area contributed by atoms with Crippen molar-refractivity contribution in [3.8, 4) is 0 Å². The van der Waals surface area contributed by atoms with Gasteiger partial charge in [0.25, 0.3) is 0 Å². The molecule has 0 aliphatic rings. The summed E-state index contributed by atoms with van der Waals surface area (Å²) in [7, 11) is -3.53. The number of carbonyl (C=O) groups excluding carboxylic acids is 1. The molecule has 0 spiro atoms. The van der Waals surface area contributed by atoms with E-state index in [0.717, 1.165) is 0 Å². The largest absolute Gasteiger partial charge is 0.389 e. The fourth-order valence-electron chi connectivity index (χ4n) is 1.34. The molecule has 0 heterocycles. The first-order valence-electron chi connectivity index (χ1n) is 4.67. The van der Waals surface area contributed by atoms with Crippen molar-refractivity contribution in [3.63, 3.8) is 0 Å². The quantitative estimate of drug-likeness (QED) is 0.718. The highest BCUT2D eigenvalue weighted by molar-refractivity contribution is 7.91. The molecular weight excluding hydrogens is 260 g/mol. The van der Waals surface area contributed by atoms with Gasteiger partial charge in [0.15, 0.2) is 9.84 Å². The molecule has 17 heavy (non-hydrogen) atoms. The molecule has 4 N–H and O–H groups in total. The Morgan fingerprint density at radius 2 is 1.94 bits per heavy atom. The van der Waals surface area contributed by atoms with Gasteiger partial charge in [0, 0.05) is 5.56 Å². The zero-order valence-electron chi connectivity index (χ0n) is 8.92. The number of hydrogen-bond acceptors (Lipinski definition) is 4. The smallest absolute Gasteiger partial charge is 0.232 e. The minimum absolute atomic E-state index is 0.194. The standard InChI is InChI=1S/C10H12N2O3S2/c11-9(13)6-17(14,15)5-7-2-1-3-8(4-7)10(12)16/h1-4H,5-6H2,(H2,11,13)(H2,12,16). The third-order valence-corrected chi connectivity index (χ3v) is 3.69. The van der Waals surface area contributed by atoms with E-state index in [1.807, 2.05) is 0 Å². The molecule has 7 heteroatoms. The summed E-state index contributed by atoms with van der Waals surface area (Å²) in [5, 5.41) is 0. The van der Waals surface area contributed by atoms with E-state index >= 15 is 0 Å². The van der Waals surface area contributed by atoms with Crippen LogP contribution in [-0.4, -0.2) is 25.1 Å². The Morgan fingerprint density at radius 1 is 1.29 bits per heavy atom. The Morgan fingerprint density at radius 3 is 2.47 bits per heavy atom. The Bertz CT molecular complexity index is 552. The van der Waals surface area contributed by atoms with Gasteiger partial charge >= 0.3 is 0 Å². The molecule has 92 valence electrons. The van der Waals surface area contributed by atoms with Crippen LogP contribution < -0.4 is 11.5 Å². The van der Waals surface area contributed by atoms with Crippen molar-refractivity contribution < 1.29 is 13.2 Å². The number of nitrogens with two attached hydrogens (primary N) is 2. The predicted molar refractivity (Wildman–Crippen MR) is 69.0 cm³/mol. The second-order valence-corrected chi connectivity index (χ2v) is 6.07. The lowest BCUT2D eigenvalue weighted by molar-refractivity contribution is -0.115. The van der Waals surface area contributed by atoms with Crippen molar-refractivity contribution in [3.05, 3.63) is 35.4 Å². The molecule has 0 aromatic heterocycles. The third kappa shape index (κ3) is 4.49. The maximum atomic E-state index is 11.5. The summed E-state index contributed by atoms with van der Waals surface area (Å²) >= 11 is 4.79. The van der Waals surface area contributed by atoms with E-state index in [0.29, 0.717) is 11.1 Å². The average molecular weight is 272 g/mol. The average Bonchev–Trinajstić information content (AvgIpc) is 2.14. The highest BCUT2D eigenvalue weighted by atomic mass is 32.2. The normalized spacial score (nSPS) is 11.1. The van der Waals surface area contributed by atoms with Gasteiger partial charge in [-0.15, -0.1) is 0 Å². The first-order chi connectivity index (χ1) is 7.80. The van der Waals surface area contributed by atoms with Crippen LogP contribution in [0, 0.1) is 0 Å². The molecule has 1 aromatic rings. The fraction of sp³-hybridized carbons (Fsp3) is 0.200. The van der Waals surface area contributed by atoms with Crippen LogP contribution in [-0.2, 0) is 20.4 Å². The monoisotopic (exact) mass is 272 g/mol. The van der Waals surface area contributed by atoms with Crippen molar-refractivity contribution in [2.24, 2.45) is 11.5 Å². The molecule has 1 amide bonds. The highest BCUT2D eigenvalue weighted by Crippen LogP contribution is 2.09. The number of thiocarbonyl (C=S) groups is 1. The topological polar surface area (TPSA) is 103 Å². The SMILES string of the molecule is NC(=O)CS(=O)(=O)Cc1cccc(C(N)=S)c1. The summed E-state index contributed by atoms with van der Waals surface area (Å²) in [6, 6.07) is 6.55. The van der Waals surface area contributed by atoms with Gasteiger partial charge in [0.2, 0.25) is 5.91 Å². The van der Waals surface area contributed by atoms with Crippen molar-refractivity contribution in [2.75, 3.05) is 5.75 Å². The number of sulfone groups is 1. The van der Waals surface area contributed by atoms with E-state index in [4.69, 9.17) is 23.7 Å². The number of primary amides is 1. The van der Waals surface area contributed by atoms with Gasteiger partial charge in [-0.2, -0.15) is 0 Å². The molecule has 0 saturated heterocycles. The first kappa shape index (κ1) is 13.6. The van der Waals surface area contributed by atoms with E-state index < -0.39 is 21.5 Å². The van der Waals surface area contributed by atoms with E-state index in [1.165, 1.54) is 0 Å². The van der Waals surface area contributed by atoms with Gasteiger partial charge in [-0.25, -0.2) is 8.42 Å². The number of amides is 1. The van der Waals surface area contributed by atoms with Gasteiger partial charge < -0.3 is 11.5 Å². The molecule has 0 unspecified atom stereocenters. The minimum Gasteiger partial charge on any atom is -0.389 e. The summed E-state index contributed by atoms with van der Waals surface area (Å²) in [5.74, 6) is -1.79. The number of carbonyl (C=O) groups is 1. The molecule has 0 aliphatic carbocycles. The lowest BCUT2D eigenvalue weighted by atomic mass is 10.1. The second kappa shape index (κ2) is 5.24. The third-order valence-electron chi connectivity index (χ3n) is 1.96. The number of benzene rings is 1. The van der Waals surface area contributed by atoms with Crippen LogP contribution in [0.1, 0.15) is 11.1 Å². The van der Waals surface area contributed by atoms with Crippen molar-refractivity contribution in [1.29, 1.82) is 0 Å². The van der Waals surface area contributed by atoms with Crippen LogP contribution in [0.3, 0.4) is 0 Å². The van der Waals surface area contributed by atoms with Crippen molar-refractivity contribution in [1.82, 2.24) is 0 Å². The number of rotatable bonds is 5. The molecule has 5 nitrogen and oxygen atoms in total. The summed E-state index contributed by atoms with van der Waals surface area (Å²) in [6.45, 7) is 0. The first-order valence-corrected chi connectivity index (χ1v) is 6.90. The predicted octanol–water partition coefficient (Wildman–Crippen LogP) is -0.279. The summed E-state index contributed by atoms with van der Waals surface area (Å²) in [4.78, 5) is 10.8. The van der Waals surface area contributed by atoms with E-state index in [-0.39, 0.29) is 10.7 Å². The summed E-state index contributed by atoms with van der Waals surface area (Å²) < 4.78 is 23.1. The Kier molecular flexibility index (Phi) is 4.19. The van der Waals surface area contributed by atoms with Crippen LogP contribution >= 0.6 is 12.2 Å². The molecule has 0 fully saturated rings. The molecule has 1 rings (SSSR count). The Balaban J connectivity index is 2.92. The van der Waals surface area contributed by atoms with Gasteiger partial charge in [0.1, 0.15) is 10.7 Å². The van der Waals surface area contributed by atoms with Crippen LogP contribution in [0.15, 0.2) is 24.3 Å². The second-order valence-electron chi connectivity index (χ2n) is 3.56. The zero-order valence-corrected chi connectivity index (χ0v) is 10.6. The molecule has 0 saturated carbocycles. The van der Waals surface area contributed by atoms with E-state index in [2.05, 4.69) is 0 Å². The van der Waals surface area contributed by atoms with E-state index in [1.54, 1.807) is 24.3 Å².